The maximum absolute atomic E-state index is 12.2. The average Bonchev–Trinajstić information content (AvgIpc) is 2.59. The second-order valence-electron chi connectivity index (χ2n) is 5.50. The first kappa shape index (κ1) is 15.1. The highest BCUT2D eigenvalue weighted by molar-refractivity contribution is 5.88. The van der Waals surface area contributed by atoms with Crippen LogP contribution in [0, 0.1) is 0 Å². The smallest absolute Gasteiger partial charge is 0.410 e. The van der Waals surface area contributed by atoms with E-state index in [-0.39, 0.29) is 18.3 Å². The summed E-state index contributed by atoms with van der Waals surface area (Å²) in [6.45, 7) is 1.19. The van der Waals surface area contributed by atoms with Gasteiger partial charge in [-0.25, -0.2) is 9.59 Å². The molecular formula is C18H17NO4. The molecule has 5 nitrogen and oxygen atoms in total. The predicted octanol–water partition coefficient (Wildman–Crippen LogP) is 3.08. The number of carboxylic acid groups (broad SMARTS) is 1. The summed E-state index contributed by atoms with van der Waals surface area (Å²) in [6.07, 6.45) is 0.329. The standard InChI is InChI=1S/C18H17NO4/c20-17(21)15-7-6-14-8-9-19(11-16(14)10-15)18(22)23-12-13-4-2-1-3-5-13/h1-7,10H,8-9,11-12H2,(H,20,21). The molecule has 0 spiro atoms. The van der Waals surface area contributed by atoms with Gasteiger partial charge in [-0.05, 0) is 35.2 Å². The zero-order chi connectivity index (χ0) is 16.2. The number of fused-ring (bicyclic) bond motifs is 1. The van der Waals surface area contributed by atoms with Gasteiger partial charge in [-0.3, -0.25) is 0 Å². The van der Waals surface area contributed by atoms with E-state index in [1.54, 1.807) is 17.0 Å². The van der Waals surface area contributed by atoms with E-state index >= 15 is 0 Å². The zero-order valence-corrected chi connectivity index (χ0v) is 12.6. The number of rotatable bonds is 3. The molecule has 118 valence electrons. The Kier molecular flexibility index (Phi) is 4.28. The van der Waals surface area contributed by atoms with Crippen LogP contribution in [0.1, 0.15) is 27.0 Å². The van der Waals surface area contributed by atoms with Gasteiger partial charge < -0.3 is 14.7 Å². The highest BCUT2D eigenvalue weighted by Gasteiger charge is 2.22. The van der Waals surface area contributed by atoms with Crippen LogP contribution in [0.5, 0.6) is 0 Å². The molecule has 0 fully saturated rings. The van der Waals surface area contributed by atoms with Crippen LogP contribution < -0.4 is 0 Å². The molecule has 0 atom stereocenters. The summed E-state index contributed by atoms with van der Waals surface area (Å²) in [5.41, 5.74) is 3.13. The Morgan fingerprint density at radius 3 is 2.61 bits per heavy atom. The minimum Gasteiger partial charge on any atom is -0.478 e. The van der Waals surface area contributed by atoms with Crippen molar-refractivity contribution in [3.05, 3.63) is 70.8 Å². The van der Waals surface area contributed by atoms with Crippen molar-refractivity contribution in [3.8, 4) is 0 Å². The summed E-state index contributed by atoms with van der Waals surface area (Å²) in [7, 11) is 0. The van der Waals surface area contributed by atoms with Crippen molar-refractivity contribution < 1.29 is 19.4 Å². The van der Waals surface area contributed by atoms with Gasteiger partial charge in [0.15, 0.2) is 0 Å². The van der Waals surface area contributed by atoms with Crippen LogP contribution in [0.3, 0.4) is 0 Å². The van der Waals surface area contributed by atoms with E-state index in [0.717, 1.165) is 16.7 Å². The van der Waals surface area contributed by atoms with E-state index in [0.29, 0.717) is 19.5 Å². The highest BCUT2D eigenvalue weighted by atomic mass is 16.6. The van der Waals surface area contributed by atoms with Crippen molar-refractivity contribution in [3.63, 3.8) is 0 Å². The monoisotopic (exact) mass is 311 g/mol. The van der Waals surface area contributed by atoms with Crippen molar-refractivity contribution in [1.82, 2.24) is 4.90 Å². The second-order valence-corrected chi connectivity index (χ2v) is 5.50. The van der Waals surface area contributed by atoms with Crippen LogP contribution >= 0.6 is 0 Å². The lowest BCUT2D eigenvalue weighted by atomic mass is 9.97. The number of carbonyl (C=O) groups excluding carboxylic acids is 1. The number of nitrogens with zero attached hydrogens (tertiary/aromatic N) is 1. The molecule has 0 aromatic heterocycles. The fraction of sp³-hybridized carbons (Fsp3) is 0.222. The molecule has 3 rings (SSSR count). The molecule has 23 heavy (non-hydrogen) atoms. The SMILES string of the molecule is O=C(O)c1ccc2c(c1)CN(C(=O)OCc1ccccc1)CC2. The van der Waals surface area contributed by atoms with E-state index in [2.05, 4.69) is 0 Å². The minimum atomic E-state index is -0.962. The Balaban J connectivity index is 1.65. The average molecular weight is 311 g/mol. The molecule has 1 heterocycles. The third-order valence-electron chi connectivity index (χ3n) is 3.93. The van der Waals surface area contributed by atoms with Gasteiger partial charge in [0.05, 0.1) is 5.56 Å². The maximum atomic E-state index is 12.2. The lowest BCUT2D eigenvalue weighted by molar-refractivity contribution is 0.0696. The molecule has 1 amide bonds. The predicted molar refractivity (Wildman–Crippen MR) is 84.1 cm³/mol. The van der Waals surface area contributed by atoms with Crippen molar-refractivity contribution in [2.24, 2.45) is 0 Å². The molecule has 1 aliphatic rings. The zero-order valence-electron chi connectivity index (χ0n) is 12.6. The first-order valence-electron chi connectivity index (χ1n) is 7.44. The number of ether oxygens (including phenoxy) is 1. The molecule has 5 heteroatoms. The largest absolute Gasteiger partial charge is 0.478 e. The van der Waals surface area contributed by atoms with Crippen LogP contribution in [0.4, 0.5) is 4.79 Å². The third-order valence-corrected chi connectivity index (χ3v) is 3.93. The van der Waals surface area contributed by atoms with E-state index in [1.807, 2.05) is 36.4 Å². The number of hydrogen-bond acceptors (Lipinski definition) is 3. The molecular weight excluding hydrogens is 294 g/mol. The van der Waals surface area contributed by atoms with Crippen molar-refractivity contribution in [2.45, 2.75) is 19.6 Å². The molecule has 1 aliphatic heterocycles. The Bertz CT molecular complexity index is 727. The van der Waals surface area contributed by atoms with Gasteiger partial charge in [-0.1, -0.05) is 36.4 Å². The number of carbonyl (C=O) groups is 2. The van der Waals surface area contributed by atoms with Gasteiger partial charge in [0.2, 0.25) is 0 Å². The van der Waals surface area contributed by atoms with Gasteiger partial charge in [0.25, 0.3) is 0 Å². The number of amides is 1. The maximum Gasteiger partial charge on any atom is 0.410 e. The third kappa shape index (κ3) is 3.51. The van der Waals surface area contributed by atoms with Crippen LogP contribution in [0.15, 0.2) is 48.5 Å². The summed E-state index contributed by atoms with van der Waals surface area (Å²) >= 11 is 0. The summed E-state index contributed by atoms with van der Waals surface area (Å²) in [6, 6.07) is 14.6. The fourth-order valence-corrected chi connectivity index (χ4v) is 2.66. The number of aromatic carboxylic acids is 1. The molecule has 0 bridgehead atoms. The lowest BCUT2D eigenvalue weighted by Gasteiger charge is -2.28. The Hall–Kier alpha value is -2.82. The number of hydrogen-bond donors (Lipinski definition) is 1. The topological polar surface area (TPSA) is 66.8 Å². The first-order valence-corrected chi connectivity index (χ1v) is 7.44. The van der Waals surface area contributed by atoms with Crippen LogP contribution in [-0.2, 0) is 24.3 Å². The quantitative estimate of drug-likeness (QED) is 0.946. The van der Waals surface area contributed by atoms with E-state index in [1.165, 1.54) is 0 Å². The molecule has 2 aromatic carbocycles. The molecule has 0 saturated heterocycles. The molecule has 0 unspecified atom stereocenters. The van der Waals surface area contributed by atoms with E-state index < -0.39 is 5.97 Å². The lowest BCUT2D eigenvalue weighted by Crippen LogP contribution is -2.36. The summed E-state index contributed by atoms with van der Waals surface area (Å²) < 4.78 is 5.33. The molecule has 1 N–H and O–H groups in total. The van der Waals surface area contributed by atoms with Crippen molar-refractivity contribution >= 4 is 12.1 Å². The van der Waals surface area contributed by atoms with E-state index in [4.69, 9.17) is 9.84 Å². The summed E-state index contributed by atoms with van der Waals surface area (Å²) in [5, 5.41) is 9.07. The van der Waals surface area contributed by atoms with Gasteiger partial charge in [-0.2, -0.15) is 0 Å². The molecule has 0 saturated carbocycles. The Labute approximate surface area is 134 Å². The van der Waals surface area contributed by atoms with Gasteiger partial charge in [0.1, 0.15) is 6.61 Å². The van der Waals surface area contributed by atoms with Crippen LogP contribution in [0.2, 0.25) is 0 Å². The van der Waals surface area contributed by atoms with Gasteiger partial charge in [0, 0.05) is 13.1 Å². The normalized spacial score (nSPS) is 13.3. The van der Waals surface area contributed by atoms with E-state index in [9.17, 15) is 9.59 Å². The molecule has 0 radical (unpaired) electrons. The Morgan fingerprint density at radius 1 is 1.09 bits per heavy atom. The molecule has 0 aliphatic carbocycles. The van der Waals surface area contributed by atoms with Gasteiger partial charge in [-0.15, -0.1) is 0 Å². The van der Waals surface area contributed by atoms with Crippen LogP contribution in [0.25, 0.3) is 0 Å². The first-order chi connectivity index (χ1) is 11.1. The fourth-order valence-electron chi connectivity index (χ4n) is 2.66. The van der Waals surface area contributed by atoms with Crippen LogP contribution in [-0.4, -0.2) is 28.6 Å². The summed E-state index contributed by atoms with van der Waals surface area (Å²) in [4.78, 5) is 24.9. The van der Waals surface area contributed by atoms with Crippen molar-refractivity contribution in [1.29, 1.82) is 0 Å². The van der Waals surface area contributed by atoms with Crippen molar-refractivity contribution in [2.75, 3.05) is 6.54 Å². The molecule has 2 aromatic rings. The Morgan fingerprint density at radius 2 is 1.87 bits per heavy atom. The highest BCUT2D eigenvalue weighted by Crippen LogP contribution is 2.21. The number of benzene rings is 2. The number of carboxylic acids is 1. The van der Waals surface area contributed by atoms with Gasteiger partial charge >= 0.3 is 12.1 Å². The summed E-state index contributed by atoms with van der Waals surface area (Å²) in [5.74, 6) is -0.962. The minimum absolute atomic E-state index is 0.234. The second kappa shape index (κ2) is 6.52.